The number of ketones is 1. The first-order valence-corrected chi connectivity index (χ1v) is 14.9. The Morgan fingerprint density at radius 1 is 0.970 bits per heavy atom. The van der Waals surface area contributed by atoms with Crippen molar-refractivity contribution in [2.75, 3.05) is 0 Å². The number of aliphatic hydroxyl groups excluding tert-OH is 2. The van der Waals surface area contributed by atoms with Gasteiger partial charge in [0.2, 0.25) is 0 Å². The monoisotopic (exact) mass is 524 g/mol. The van der Waals surface area contributed by atoms with Gasteiger partial charge in [0, 0.05) is 17.2 Å². The third kappa shape index (κ3) is 4.20. The van der Waals surface area contributed by atoms with Crippen LogP contribution in [-0.2, 0) is 4.79 Å². The van der Waals surface area contributed by atoms with Crippen LogP contribution in [0.3, 0.4) is 0 Å². The lowest BCUT2D eigenvalue weighted by molar-refractivity contribution is -0.155. The number of alkyl halides is 1. The molecular formula is C29H49BrO3. The van der Waals surface area contributed by atoms with Gasteiger partial charge in [-0.2, -0.15) is 0 Å². The Bertz CT molecular complexity index is 724. The Morgan fingerprint density at radius 2 is 1.61 bits per heavy atom. The summed E-state index contributed by atoms with van der Waals surface area (Å²) in [7, 11) is 0. The highest BCUT2D eigenvalue weighted by Crippen LogP contribution is 2.68. The van der Waals surface area contributed by atoms with Crippen molar-refractivity contribution in [1.29, 1.82) is 0 Å². The number of Topliss-reactive ketones (excluding diaryl/α,β-unsaturated/α-hetero) is 1. The molecule has 12 atom stereocenters. The zero-order valence-electron chi connectivity index (χ0n) is 21.9. The van der Waals surface area contributed by atoms with Gasteiger partial charge in [-0.1, -0.05) is 63.9 Å². The summed E-state index contributed by atoms with van der Waals surface area (Å²) in [6.07, 6.45) is 8.53. The summed E-state index contributed by atoms with van der Waals surface area (Å²) < 4.78 is 0. The van der Waals surface area contributed by atoms with Crippen LogP contribution in [0, 0.1) is 58.2 Å². The zero-order chi connectivity index (χ0) is 24.3. The molecular weight excluding hydrogens is 476 g/mol. The molecule has 4 rings (SSSR count). The van der Waals surface area contributed by atoms with Crippen molar-refractivity contribution < 1.29 is 15.0 Å². The fraction of sp³-hybridized carbons (Fsp3) is 0.966. The summed E-state index contributed by atoms with van der Waals surface area (Å²) >= 11 is 3.82. The van der Waals surface area contributed by atoms with Gasteiger partial charge in [-0.15, -0.1) is 0 Å². The quantitative estimate of drug-likeness (QED) is 0.383. The summed E-state index contributed by atoms with van der Waals surface area (Å²) in [6.45, 7) is 13.5. The maximum absolute atomic E-state index is 13.4. The number of fused-ring (bicyclic) bond motifs is 5. The second kappa shape index (κ2) is 9.51. The van der Waals surface area contributed by atoms with Crippen molar-refractivity contribution >= 4 is 21.7 Å². The lowest BCUT2D eigenvalue weighted by Gasteiger charge is -2.60. The SMILES string of the molecule is CC[C@@H](C(C)C)[C@H](O)[C@@H](O)[C@@H](C)[C@H]1CCC2C3CC(=O)[C@H]4C[C@@H](Br)CC[C@]4(C)C3CC[C@@]21C. The number of aliphatic hydroxyl groups is 2. The van der Waals surface area contributed by atoms with Gasteiger partial charge in [-0.3, -0.25) is 4.79 Å². The van der Waals surface area contributed by atoms with E-state index in [4.69, 9.17) is 0 Å². The first-order chi connectivity index (χ1) is 15.5. The van der Waals surface area contributed by atoms with Crippen LogP contribution in [0.15, 0.2) is 0 Å². The van der Waals surface area contributed by atoms with E-state index in [1.807, 2.05) is 0 Å². The van der Waals surface area contributed by atoms with E-state index in [0.717, 1.165) is 25.7 Å². The summed E-state index contributed by atoms with van der Waals surface area (Å²) in [6, 6.07) is 0. The summed E-state index contributed by atoms with van der Waals surface area (Å²) in [5.74, 6) is 3.58. The highest BCUT2D eigenvalue weighted by molar-refractivity contribution is 9.09. The second-order valence-corrected chi connectivity index (χ2v) is 14.7. The molecule has 4 aliphatic rings. The van der Waals surface area contributed by atoms with Crippen molar-refractivity contribution in [3.05, 3.63) is 0 Å². The van der Waals surface area contributed by atoms with Gasteiger partial charge in [0.15, 0.2) is 0 Å². The molecule has 0 aromatic heterocycles. The van der Waals surface area contributed by atoms with Crippen LogP contribution < -0.4 is 0 Å². The number of hydrogen-bond donors (Lipinski definition) is 2. The first kappa shape index (κ1) is 26.1. The topological polar surface area (TPSA) is 57.5 Å². The van der Waals surface area contributed by atoms with Gasteiger partial charge in [0.05, 0.1) is 12.2 Å². The van der Waals surface area contributed by atoms with E-state index in [1.54, 1.807) is 0 Å². The maximum atomic E-state index is 13.4. The van der Waals surface area contributed by atoms with Gasteiger partial charge in [-0.05, 0) is 97.2 Å². The standard InChI is InChI=1S/C29H49BrO3/c1-7-19(16(2)3)27(33)26(32)17(4)21-8-9-22-20-15-25(31)24-14-18(30)10-12-29(24,6)23(20)11-13-28(21,22)5/h16-24,26-27,32-33H,7-15H2,1-6H3/t17-,18-,19-,20?,21+,22?,23?,24+,26-,27-,28+,29+/m0/s1. The number of halogens is 1. The Kier molecular flexibility index (Phi) is 7.53. The van der Waals surface area contributed by atoms with Crippen LogP contribution in [0.25, 0.3) is 0 Å². The molecule has 0 radical (unpaired) electrons. The van der Waals surface area contributed by atoms with Gasteiger partial charge >= 0.3 is 0 Å². The average Bonchev–Trinajstić information content (AvgIpc) is 3.11. The molecule has 190 valence electrons. The molecule has 0 saturated heterocycles. The predicted molar refractivity (Wildman–Crippen MR) is 138 cm³/mol. The molecule has 0 aliphatic heterocycles. The smallest absolute Gasteiger partial charge is 0.136 e. The Hall–Kier alpha value is 0.0700. The molecule has 4 fully saturated rings. The van der Waals surface area contributed by atoms with E-state index in [-0.39, 0.29) is 28.6 Å². The van der Waals surface area contributed by atoms with Crippen molar-refractivity contribution in [3.8, 4) is 0 Å². The molecule has 0 aromatic carbocycles. The van der Waals surface area contributed by atoms with Crippen LogP contribution in [0.5, 0.6) is 0 Å². The lowest BCUT2D eigenvalue weighted by Crippen LogP contribution is -2.57. The minimum atomic E-state index is -0.667. The van der Waals surface area contributed by atoms with E-state index in [1.165, 1.54) is 32.1 Å². The molecule has 0 spiro atoms. The predicted octanol–water partition coefficient (Wildman–Crippen LogP) is 6.63. The van der Waals surface area contributed by atoms with E-state index in [9.17, 15) is 15.0 Å². The molecule has 0 bridgehead atoms. The van der Waals surface area contributed by atoms with Crippen LogP contribution in [0.1, 0.15) is 99.3 Å². The Balaban J connectivity index is 1.54. The third-order valence-corrected chi connectivity index (χ3v) is 12.6. The van der Waals surface area contributed by atoms with Gasteiger partial charge < -0.3 is 10.2 Å². The van der Waals surface area contributed by atoms with E-state index >= 15 is 0 Å². The minimum absolute atomic E-state index is 0.0887. The van der Waals surface area contributed by atoms with Crippen LogP contribution in [0.4, 0.5) is 0 Å². The largest absolute Gasteiger partial charge is 0.390 e. The van der Waals surface area contributed by atoms with Gasteiger partial charge in [0.25, 0.3) is 0 Å². The third-order valence-electron chi connectivity index (χ3n) is 11.8. The molecule has 0 amide bonds. The van der Waals surface area contributed by atoms with E-state index < -0.39 is 12.2 Å². The molecule has 3 unspecified atom stereocenters. The molecule has 0 aromatic rings. The number of rotatable bonds is 6. The van der Waals surface area contributed by atoms with Crippen LogP contribution in [-0.4, -0.2) is 33.0 Å². The van der Waals surface area contributed by atoms with Crippen molar-refractivity contribution in [2.45, 2.75) is 116 Å². The molecule has 3 nitrogen and oxygen atoms in total. The molecule has 2 N–H and O–H groups in total. The molecule has 33 heavy (non-hydrogen) atoms. The van der Waals surface area contributed by atoms with E-state index in [2.05, 4.69) is 57.5 Å². The number of carbonyl (C=O) groups excluding carboxylic acids is 1. The minimum Gasteiger partial charge on any atom is -0.390 e. The fourth-order valence-corrected chi connectivity index (χ4v) is 10.4. The van der Waals surface area contributed by atoms with Gasteiger partial charge in [0.1, 0.15) is 5.78 Å². The van der Waals surface area contributed by atoms with Crippen LogP contribution in [0.2, 0.25) is 0 Å². The summed E-state index contributed by atoms with van der Waals surface area (Å²) in [4.78, 5) is 13.9. The highest BCUT2D eigenvalue weighted by atomic mass is 79.9. The molecule has 4 heteroatoms. The molecule has 0 heterocycles. The van der Waals surface area contributed by atoms with Crippen molar-refractivity contribution in [1.82, 2.24) is 0 Å². The Morgan fingerprint density at radius 3 is 2.24 bits per heavy atom. The maximum Gasteiger partial charge on any atom is 0.136 e. The fourth-order valence-electron chi connectivity index (χ4n) is 9.81. The highest BCUT2D eigenvalue weighted by Gasteiger charge is 2.62. The normalized spacial score (nSPS) is 46.8. The van der Waals surface area contributed by atoms with Crippen LogP contribution >= 0.6 is 15.9 Å². The number of carbonyl (C=O) groups is 1. The lowest BCUT2D eigenvalue weighted by atomic mass is 9.44. The number of hydrogen-bond acceptors (Lipinski definition) is 3. The average molecular weight is 526 g/mol. The first-order valence-electron chi connectivity index (χ1n) is 14.0. The zero-order valence-corrected chi connectivity index (χ0v) is 23.5. The van der Waals surface area contributed by atoms with Crippen molar-refractivity contribution in [3.63, 3.8) is 0 Å². The van der Waals surface area contributed by atoms with Gasteiger partial charge in [-0.25, -0.2) is 0 Å². The second-order valence-electron chi connectivity index (χ2n) is 13.4. The Labute approximate surface area is 211 Å². The van der Waals surface area contributed by atoms with Crippen molar-refractivity contribution in [2.24, 2.45) is 58.2 Å². The van der Waals surface area contributed by atoms with E-state index in [0.29, 0.717) is 40.2 Å². The molecule has 4 saturated carbocycles. The summed E-state index contributed by atoms with van der Waals surface area (Å²) in [5.41, 5.74) is 0.355. The molecule has 4 aliphatic carbocycles. The summed E-state index contributed by atoms with van der Waals surface area (Å²) in [5, 5.41) is 22.4.